The van der Waals surface area contributed by atoms with Crippen LogP contribution in [-0.4, -0.2) is 12.3 Å². The molecule has 0 fully saturated rings. The van der Waals surface area contributed by atoms with Crippen LogP contribution >= 0.6 is 39.0 Å². The van der Waals surface area contributed by atoms with Gasteiger partial charge in [-0.2, -0.15) is 11.3 Å². The van der Waals surface area contributed by atoms with E-state index in [4.69, 9.17) is 0 Å². The van der Waals surface area contributed by atoms with Crippen LogP contribution in [0.3, 0.4) is 0 Å². The van der Waals surface area contributed by atoms with Crippen LogP contribution in [-0.2, 0) is 0 Å². The summed E-state index contributed by atoms with van der Waals surface area (Å²) in [6, 6.07) is 9.10. The van der Waals surface area contributed by atoms with Crippen LogP contribution in [0.15, 0.2) is 44.4 Å². The molecule has 1 atom stereocenters. The first kappa shape index (κ1) is 15.1. The second-order valence-electron chi connectivity index (χ2n) is 4.41. The molecule has 2 rings (SSSR count). The van der Waals surface area contributed by atoms with Crippen molar-refractivity contribution in [1.82, 2.24) is 5.32 Å². The van der Waals surface area contributed by atoms with Crippen LogP contribution < -0.4 is 5.32 Å². The molecule has 19 heavy (non-hydrogen) atoms. The number of rotatable bonds is 6. The zero-order valence-electron chi connectivity index (χ0n) is 11.2. The molecule has 1 N–H and O–H groups in total. The van der Waals surface area contributed by atoms with Gasteiger partial charge in [-0.15, -0.1) is 11.8 Å². The Morgan fingerprint density at radius 3 is 2.84 bits per heavy atom. The van der Waals surface area contributed by atoms with E-state index in [2.05, 4.69) is 70.1 Å². The second-order valence-corrected chi connectivity index (χ2v) is 7.10. The third-order valence-corrected chi connectivity index (χ3v) is 5.71. The quantitative estimate of drug-likeness (QED) is 0.709. The maximum Gasteiger partial charge on any atom is 0.0434 e. The van der Waals surface area contributed by atoms with Crippen molar-refractivity contribution in [3.8, 4) is 0 Å². The molecule has 1 aromatic heterocycles. The summed E-state index contributed by atoms with van der Waals surface area (Å²) in [5, 5.41) is 7.95. The number of halogens is 1. The van der Waals surface area contributed by atoms with Gasteiger partial charge in [0, 0.05) is 26.5 Å². The van der Waals surface area contributed by atoms with E-state index in [9.17, 15) is 0 Å². The molecule has 0 aliphatic rings. The molecule has 1 heterocycles. The lowest BCUT2D eigenvalue weighted by atomic mass is 10.2. The second kappa shape index (κ2) is 7.48. The van der Waals surface area contributed by atoms with E-state index >= 15 is 0 Å². The molecule has 0 aliphatic heterocycles. The van der Waals surface area contributed by atoms with Crippen LogP contribution in [0.5, 0.6) is 0 Å². The number of hydrogen-bond donors (Lipinski definition) is 1. The van der Waals surface area contributed by atoms with Gasteiger partial charge < -0.3 is 5.32 Å². The van der Waals surface area contributed by atoms with Crippen molar-refractivity contribution >= 4 is 39.0 Å². The van der Waals surface area contributed by atoms with E-state index in [0.29, 0.717) is 6.04 Å². The molecule has 4 heteroatoms. The maximum absolute atomic E-state index is 3.64. The zero-order valence-corrected chi connectivity index (χ0v) is 14.4. The van der Waals surface area contributed by atoms with Crippen molar-refractivity contribution in [3.05, 3.63) is 50.6 Å². The highest BCUT2D eigenvalue weighted by Gasteiger charge is 2.14. The third-order valence-electron chi connectivity index (χ3n) is 2.87. The standard InChI is InChI=1S/C15H18BrNS2/c1-3-17-15(13-8-18-9-14(13)16)10-19-12-6-4-5-11(2)7-12/h4-9,15,17H,3,10H2,1-2H3. The van der Waals surface area contributed by atoms with Crippen molar-refractivity contribution in [2.75, 3.05) is 12.3 Å². The first-order valence-corrected chi connectivity index (χ1v) is 9.07. The molecular weight excluding hydrogens is 338 g/mol. The molecule has 0 aliphatic carbocycles. The summed E-state index contributed by atoms with van der Waals surface area (Å²) in [6.45, 7) is 5.28. The van der Waals surface area contributed by atoms with Crippen molar-refractivity contribution in [1.29, 1.82) is 0 Å². The minimum absolute atomic E-state index is 0.399. The van der Waals surface area contributed by atoms with Gasteiger partial charge in [0.15, 0.2) is 0 Å². The maximum atomic E-state index is 3.64. The Bertz CT molecular complexity index is 524. The molecule has 0 radical (unpaired) electrons. The number of hydrogen-bond acceptors (Lipinski definition) is 3. The molecule has 1 aromatic carbocycles. The van der Waals surface area contributed by atoms with Gasteiger partial charge in [0.1, 0.15) is 0 Å². The first-order valence-electron chi connectivity index (χ1n) is 6.35. The summed E-state index contributed by atoms with van der Waals surface area (Å²) < 4.78 is 1.22. The Morgan fingerprint density at radius 1 is 1.37 bits per heavy atom. The molecular formula is C15H18BrNS2. The molecule has 0 saturated carbocycles. The monoisotopic (exact) mass is 355 g/mol. The van der Waals surface area contributed by atoms with Crippen LogP contribution in [0.4, 0.5) is 0 Å². The van der Waals surface area contributed by atoms with Gasteiger partial charge in [0.25, 0.3) is 0 Å². The van der Waals surface area contributed by atoms with Gasteiger partial charge >= 0.3 is 0 Å². The van der Waals surface area contributed by atoms with E-state index in [1.165, 1.54) is 20.5 Å². The largest absolute Gasteiger partial charge is 0.309 e. The van der Waals surface area contributed by atoms with Gasteiger partial charge in [-0.3, -0.25) is 0 Å². The Balaban J connectivity index is 2.04. The predicted molar refractivity (Wildman–Crippen MR) is 90.3 cm³/mol. The number of benzene rings is 1. The van der Waals surface area contributed by atoms with Crippen molar-refractivity contribution < 1.29 is 0 Å². The predicted octanol–water partition coefficient (Wildman–Crippen LogP) is 5.26. The summed E-state index contributed by atoms with van der Waals surface area (Å²) in [4.78, 5) is 1.34. The molecule has 0 bridgehead atoms. The fourth-order valence-electron chi connectivity index (χ4n) is 1.93. The van der Waals surface area contributed by atoms with Crippen LogP contribution in [0, 0.1) is 6.92 Å². The molecule has 1 unspecified atom stereocenters. The molecule has 102 valence electrons. The van der Waals surface area contributed by atoms with Gasteiger partial charge in [-0.05, 0) is 52.5 Å². The van der Waals surface area contributed by atoms with Gasteiger partial charge in [-0.1, -0.05) is 24.6 Å². The Kier molecular flexibility index (Phi) is 5.95. The van der Waals surface area contributed by atoms with Crippen LogP contribution in [0.25, 0.3) is 0 Å². The lowest BCUT2D eigenvalue weighted by molar-refractivity contribution is 0.606. The van der Waals surface area contributed by atoms with E-state index < -0.39 is 0 Å². The van der Waals surface area contributed by atoms with Crippen molar-refractivity contribution in [2.24, 2.45) is 0 Å². The minimum Gasteiger partial charge on any atom is -0.309 e. The van der Waals surface area contributed by atoms with E-state index in [0.717, 1.165) is 12.3 Å². The number of thiophene rings is 1. The summed E-state index contributed by atoms with van der Waals surface area (Å²) >= 11 is 7.30. The Hall–Kier alpha value is -0.290. The molecule has 0 saturated heterocycles. The fourth-order valence-corrected chi connectivity index (χ4v) is 4.66. The van der Waals surface area contributed by atoms with E-state index in [-0.39, 0.29) is 0 Å². The minimum atomic E-state index is 0.399. The topological polar surface area (TPSA) is 12.0 Å². The summed E-state index contributed by atoms with van der Waals surface area (Å²) in [7, 11) is 0. The van der Waals surface area contributed by atoms with Crippen molar-refractivity contribution in [2.45, 2.75) is 24.8 Å². The van der Waals surface area contributed by atoms with Gasteiger partial charge in [0.2, 0.25) is 0 Å². The summed E-state index contributed by atoms with van der Waals surface area (Å²) in [6.07, 6.45) is 0. The number of aryl methyl sites for hydroxylation is 1. The highest BCUT2D eigenvalue weighted by Crippen LogP contribution is 2.31. The van der Waals surface area contributed by atoms with Gasteiger partial charge in [-0.25, -0.2) is 0 Å². The van der Waals surface area contributed by atoms with Crippen LogP contribution in [0.2, 0.25) is 0 Å². The highest BCUT2D eigenvalue weighted by molar-refractivity contribution is 9.10. The van der Waals surface area contributed by atoms with E-state index in [1.807, 2.05) is 11.8 Å². The average Bonchev–Trinajstić information content (AvgIpc) is 2.81. The molecule has 2 aromatic rings. The molecule has 0 amide bonds. The SMILES string of the molecule is CCNC(CSc1cccc(C)c1)c1cscc1Br. The Labute approximate surface area is 131 Å². The van der Waals surface area contributed by atoms with Gasteiger partial charge in [0.05, 0.1) is 0 Å². The molecule has 0 spiro atoms. The van der Waals surface area contributed by atoms with Crippen molar-refractivity contribution in [3.63, 3.8) is 0 Å². The zero-order chi connectivity index (χ0) is 13.7. The number of nitrogens with one attached hydrogen (secondary N) is 1. The number of thioether (sulfide) groups is 1. The average molecular weight is 356 g/mol. The Morgan fingerprint density at radius 2 is 2.21 bits per heavy atom. The fraction of sp³-hybridized carbons (Fsp3) is 0.333. The summed E-state index contributed by atoms with van der Waals surface area (Å²) in [5.41, 5.74) is 2.69. The lowest BCUT2D eigenvalue weighted by Crippen LogP contribution is -2.22. The lowest BCUT2D eigenvalue weighted by Gasteiger charge is -2.17. The highest BCUT2D eigenvalue weighted by atomic mass is 79.9. The van der Waals surface area contributed by atoms with Crippen LogP contribution in [0.1, 0.15) is 24.1 Å². The first-order chi connectivity index (χ1) is 9.20. The normalized spacial score (nSPS) is 12.6. The molecule has 1 nitrogen and oxygen atoms in total. The third kappa shape index (κ3) is 4.35. The smallest absolute Gasteiger partial charge is 0.0434 e. The van der Waals surface area contributed by atoms with E-state index in [1.54, 1.807) is 11.3 Å². The summed E-state index contributed by atoms with van der Waals surface area (Å²) in [5.74, 6) is 1.05.